The van der Waals surface area contributed by atoms with E-state index in [9.17, 15) is 4.79 Å². The normalized spacial score (nSPS) is 16.9. The molecule has 1 aliphatic rings. The first kappa shape index (κ1) is 9.32. The average molecular weight is 171 g/mol. The fourth-order valence-corrected chi connectivity index (χ4v) is 1.28. The third-order valence-corrected chi connectivity index (χ3v) is 2.11. The van der Waals surface area contributed by atoms with Crippen LogP contribution in [0.25, 0.3) is 0 Å². The van der Waals surface area contributed by atoms with Gasteiger partial charge in [-0.2, -0.15) is 0 Å². The molecular formula is C8H17N3O. The highest BCUT2D eigenvalue weighted by atomic mass is 16.2. The van der Waals surface area contributed by atoms with Gasteiger partial charge in [0.25, 0.3) is 0 Å². The predicted octanol–water partition coefficient (Wildman–Crippen LogP) is -0.181. The maximum atomic E-state index is 11.3. The zero-order valence-electron chi connectivity index (χ0n) is 8.00. The molecule has 0 aromatic rings. The number of carbonyl (C=O) groups is 1. The monoisotopic (exact) mass is 171 g/mol. The standard InChI is InChI=1S/C8H17N3O/c1-10(2)8(12)11(3)6-7-4-9-5-7/h7,9H,4-6H2,1-3H3. The quantitative estimate of drug-likeness (QED) is 0.625. The zero-order chi connectivity index (χ0) is 9.14. The maximum Gasteiger partial charge on any atom is 0.319 e. The van der Waals surface area contributed by atoms with Gasteiger partial charge in [-0.05, 0) is 0 Å². The highest BCUT2D eigenvalue weighted by molar-refractivity contribution is 5.73. The first-order valence-corrected chi connectivity index (χ1v) is 4.24. The smallest absolute Gasteiger partial charge is 0.319 e. The average Bonchev–Trinajstić information content (AvgIpc) is 1.94. The highest BCUT2D eigenvalue weighted by Crippen LogP contribution is 2.05. The van der Waals surface area contributed by atoms with Crippen molar-refractivity contribution in [2.24, 2.45) is 5.92 Å². The maximum absolute atomic E-state index is 11.3. The lowest BCUT2D eigenvalue weighted by Gasteiger charge is -2.32. The summed E-state index contributed by atoms with van der Waals surface area (Å²) in [5, 5.41) is 3.18. The van der Waals surface area contributed by atoms with Gasteiger partial charge in [-0.25, -0.2) is 4.79 Å². The minimum Gasteiger partial charge on any atom is -0.331 e. The third-order valence-electron chi connectivity index (χ3n) is 2.11. The Morgan fingerprint density at radius 1 is 1.42 bits per heavy atom. The van der Waals surface area contributed by atoms with Gasteiger partial charge in [-0.1, -0.05) is 0 Å². The van der Waals surface area contributed by atoms with E-state index in [0.29, 0.717) is 5.92 Å². The first-order valence-electron chi connectivity index (χ1n) is 4.24. The molecule has 1 saturated heterocycles. The van der Waals surface area contributed by atoms with Crippen molar-refractivity contribution < 1.29 is 4.79 Å². The van der Waals surface area contributed by atoms with Gasteiger partial charge in [0.2, 0.25) is 0 Å². The van der Waals surface area contributed by atoms with Crippen LogP contribution in [0.15, 0.2) is 0 Å². The third kappa shape index (κ3) is 2.11. The number of nitrogens with one attached hydrogen (secondary N) is 1. The highest BCUT2D eigenvalue weighted by Gasteiger charge is 2.21. The summed E-state index contributed by atoms with van der Waals surface area (Å²) in [5.74, 6) is 0.652. The summed E-state index contributed by atoms with van der Waals surface area (Å²) in [6.07, 6.45) is 0. The Hall–Kier alpha value is -0.770. The van der Waals surface area contributed by atoms with Crippen LogP contribution in [0.1, 0.15) is 0 Å². The van der Waals surface area contributed by atoms with Gasteiger partial charge in [0.05, 0.1) is 0 Å². The van der Waals surface area contributed by atoms with Gasteiger partial charge in [-0.3, -0.25) is 0 Å². The SMILES string of the molecule is CN(C)C(=O)N(C)CC1CNC1. The first-order chi connectivity index (χ1) is 5.61. The molecule has 0 spiro atoms. The molecule has 70 valence electrons. The van der Waals surface area contributed by atoms with E-state index in [1.165, 1.54) is 0 Å². The van der Waals surface area contributed by atoms with Crippen molar-refractivity contribution in [1.82, 2.24) is 15.1 Å². The second-order valence-electron chi connectivity index (χ2n) is 3.58. The molecule has 12 heavy (non-hydrogen) atoms. The topological polar surface area (TPSA) is 35.6 Å². The lowest BCUT2D eigenvalue weighted by molar-refractivity contribution is 0.165. The summed E-state index contributed by atoms with van der Waals surface area (Å²) >= 11 is 0. The van der Waals surface area contributed by atoms with E-state index in [4.69, 9.17) is 0 Å². The Kier molecular flexibility index (Phi) is 2.92. The van der Waals surface area contributed by atoms with Gasteiger partial charge in [0.15, 0.2) is 0 Å². The van der Waals surface area contributed by atoms with Crippen molar-refractivity contribution in [2.45, 2.75) is 0 Å². The van der Waals surface area contributed by atoms with Gasteiger partial charge < -0.3 is 15.1 Å². The molecule has 0 bridgehead atoms. The molecule has 1 N–H and O–H groups in total. The van der Waals surface area contributed by atoms with E-state index in [0.717, 1.165) is 19.6 Å². The number of hydrogen-bond donors (Lipinski definition) is 1. The number of hydrogen-bond acceptors (Lipinski definition) is 2. The Balaban J connectivity index is 2.26. The van der Waals surface area contributed by atoms with Crippen LogP contribution in [0, 0.1) is 5.92 Å². The van der Waals surface area contributed by atoms with Crippen LogP contribution >= 0.6 is 0 Å². The minimum absolute atomic E-state index is 0.0851. The van der Waals surface area contributed by atoms with E-state index in [1.54, 1.807) is 23.9 Å². The molecule has 4 nitrogen and oxygen atoms in total. The second kappa shape index (κ2) is 3.76. The van der Waals surface area contributed by atoms with Crippen molar-refractivity contribution in [3.63, 3.8) is 0 Å². The van der Waals surface area contributed by atoms with Gasteiger partial charge in [0.1, 0.15) is 0 Å². The Bertz CT molecular complexity index is 166. The van der Waals surface area contributed by atoms with Crippen LogP contribution in [0.3, 0.4) is 0 Å². The number of urea groups is 1. The van der Waals surface area contributed by atoms with Crippen molar-refractivity contribution in [3.05, 3.63) is 0 Å². The van der Waals surface area contributed by atoms with Gasteiger partial charge >= 0.3 is 6.03 Å². The molecule has 1 aliphatic heterocycles. The van der Waals surface area contributed by atoms with Crippen molar-refractivity contribution in [3.8, 4) is 0 Å². The van der Waals surface area contributed by atoms with Crippen LogP contribution < -0.4 is 5.32 Å². The summed E-state index contributed by atoms with van der Waals surface area (Å²) in [4.78, 5) is 14.7. The van der Waals surface area contributed by atoms with E-state index >= 15 is 0 Å². The van der Waals surface area contributed by atoms with E-state index < -0.39 is 0 Å². The van der Waals surface area contributed by atoms with E-state index in [1.807, 2.05) is 7.05 Å². The molecular weight excluding hydrogens is 154 g/mol. The summed E-state index contributed by atoms with van der Waals surface area (Å²) in [7, 11) is 5.40. The Morgan fingerprint density at radius 3 is 2.33 bits per heavy atom. The lowest BCUT2D eigenvalue weighted by atomic mass is 10.0. The number of rotatable bonds is 2. The van der Waals surface area contributed by atoms with E-state index in [-0.39, 0.29) is 6.03 Å². The molecule has 0 radical (unpaired) electrons. The van der Waals surface area contributed by atoms with Crippen molar-refractivity contribution in [1.29, 1.82) is 0 Å². The van der Waals surface area contributed by atoms with Crippen molar-refractivity contribution in [2.75, 3.05) is 40.8 Å². The number of nitrogens with zero attached hydrogens (tertiary/aromatic N) is 2. The molecule has 4 heteroatoms. The molecule has 0 aromatic carbocycles. The van der Waals surface area contributed by atoms with Crippen LogP contribution in [0.4, 0.5) is 4.79 Å². The molecule has 0 saturated carbocycles. The van der Waals surface area contributed by atoms with E-state index in [2.05, 4.69) is 5.32 Å². The molecule has 1 rings (SSSR count). The van der Waals surface area contributed by atoms with Gasteiger partial charge in [0, 0.05) is 46.7 Å². The van der Waals surface area contributed by atoms with Crippen LogP contribution in [-0.2, 0) is 0 Å². The summed E-state index contributed by atoms with van der Waals surface area (Å²) in [6.45, 7) is 2.96. The van der Waals surface area contributed by atoms with Gasteiger partial charge in [-0.15, -0.1) is 0 Å². The molecule has 0 unspecified atom stereocenters. The summed E-state index contributed by atoms with van der Waals surface area (Å²) in [6, 6.07) is 0.0851. The van der Waals surface area contributed by atoms with Crippen molar-refractivity contribution >= 4 is 6.03 Å². The summed E-state index contributed by atoms with van der Waals surface area (Å²) < 4.78 is 0. The predicted molar refractivity (Wildman–Crippen MR) is 48.1 cm³/mol. The fourth-order valence-electron chi connectivity index (χ4n) is 1.28. The molecule has 1 heterocycles. The fraction of sp³-hybridized carbons (Fsp3) is 0.875. The molecule has 0 aliphatic carbocycles. The molecule has 0 atom stereocenters. The number of amides is 2. The lowest BCUT2D eigenvalue weighted by Crippen LogP contribution is -2.50. The zero-order valence-corrected chi connectivity index (χ0v) is 8.00. The summed E-state index contributed by atoms with van der Waals surface area (Å²) in [5.41, 5.74) is 0. The Morgan fingerprint density at radius 2 is 2.00 bits per heavy atom. The molecule has 0 aromatic heterocycles. The largest absolute Gasteiger partial charge is 0.331 e. The Labute approximate surface area is 73.5 Å². The molecule has 2 amide bonds. The second-order valence-corrected chi connectivity index (χ2v) is 3.58. The number of carbonyl (C=O) groups excluding carboxylic acids is 1. The van der Waals surface area contributed by atoms with Crippen LogP contribution in [-0.4, -0.2) is 56.6 Å². The molecule has 1 fully saturated rings. The minimum atomic E-state index is 0.0851. The van der Waals surface area contributed by atoms with Crippen LogP contribution in [0.5, 0.6) is 0 Å². The van der Waals surface area contributed by atoms with Crippen LogP contribution in [0.2, 0.25) is 0 Å².